The van der Waals surface area contributed by atoms with Crippen molar-refractivity contribution in [2.75, 3.05) is 19.0 Å². The highest BCUT2D eigenvalue weighted by molar-refractivity contribution is 14.1. The lowest BCUT2D eigenvalue weighted by Gasteiger charge is -2.23. The van der Waals surface area contributed by atoms with Gasteiger partial charge >= 0.3 is 0 Å². The van der Waals surface area contributed by atoms with Gasteiger partial charge in [0.1, 0.15) is 11.4 Å². The second-order valence-corrected chi connectivity index (χ2v) is 5.92. The van der Waals surface area contributed by atoms with Crippen LogP contribution in [0.1, 0.15) is 44.6 Å². The first-order chi connectivity index (χ1) is 8.60. The molecular weight excluding hydrogens is 341 g/mol. The molecule has 1 atom stereocenters. The van der Waals surface area contributed by atoms with Crippen LogP contribution in [0.5, 0.6) is 0 Å². The molecule has 0 saturated carbocycles. The van der Waals surface area contributed by atoms with E-state index in [2.05, 4.69) is 46.7 Å². The van der Waals surface area contributed by atoms with E-state index in [9.17, 15) is 0 Å². The summed E-state index contributed by atoms with van der Waals surface area (Å²) in [6.45, 7) is 5.08. The number of anilines is 1. The molecule has 5 heteroatoms. The van der Waals surface area contributed by atoms with Gasteiger partial charge in [-0.15, -0.1) is 0 Å². The Kier molecular flexibility index (Phi) is 4.42. The van der Waals surface area contributed by atoms with Gasteiger partial charge in [-0.3, -0.25) is 0 Å². The van der Waals surface area contributed by atoms with Crippen LogP contribution in [0.15, 0.2) is 0 Å². The summed E-state index contributed by atoms with van der Waals surface area (Å²) in [6, 6.07) is 0. The van der Waals surface area contributed by atoms with Crippen LogP contribution in [-0.2, 0) is 16.8 Å². The van der Waals surface area contributed by atoms with Crippen LogP contribution in [0.2, 0.25) is 0 Å². The molecule has 1 saturated heterocycles. The molecular formula is C13H20IN3O. The van der Waals surface area contributed by atoms with Crippen LogP contribution < -0.4 is 5.32 Å². The zero-order valence-electron chi connectivity index (χ0n) is 11.2. The number of halogens is 1. The molecule has 18 heavy (non-hydrogen) atoms. The van der Waals surface area contributed by atoms with E-state index in [0.29, 0.717) is 0 Å². The summed E-state index contributed by atoms with van der Waals surface area (Å²) in [6.07, 6.45) is 4.16. The average Bonchev–Trinajstić information content (AvgIpc) is 2.80. The molecule has 0 spiro atoms. The fraction of sp³-hybridized carbons (Fsp3) is 0.692. The maximum absolute atomic E-state index is 5.84. The zero-order valence-corrected chi connectivity index (χ0v) is 13.4. The van der Waals surface area contributed by atoms with E-state index >= 15 is 0 Å². The van der Waals surface area contributed by atoms with Crippen LogP contribution in [0.25, 0.3) is 0 Å². The number of aromatic nitrogens is 2. The Morgan fingerprint density at radius 3 is 2.78 bits per heavy atom. The van der Waals surface area contributed by atoms with Gasteiger partial charge in [0, 0.05) is 13.7 Å². The molecule has 1 N–H and O–H groups in total. The Hall–Kier alpha value is -0.430. The number of ether oxygens (including phenoxy) is 1. The molecule has 1 unspecified atom stereocenters. The fourth-order valence-corrected chi connectivity index (χ4v) is 3.03. The van der Waals surface area contributed by atoms with Crippen LogP contribution in [0.3, 0.4) is 0 Å². The summed E-state index contributed by atoms with van der Waals surface area (Å²) in [5, 5.41) is 3.16. The van der Waals surface area contributed by atoms with Gasteiger partial charge in [-0.2, -0.15) is 0 Å². The Morgan fingerprint density at radius 1 is 1.44 bits per heavy atom. The molecule has 2 rings (SSSR count). The first-order valence-electron chi connectivity index (χ1n) is 6.49. The van der Waals surface area contributed by atoms with Crippen LogP contribution >= 0.6 is 22.6 Å². The van der Waals surface area contributed by atoms with E-state index in [1.807, 2.05) is 7.05 Å². The molecule has 1 aliphatic rings. The van der Waals surface area contributed by atoms with Gasteiger partial charge in [0.2, 0.25) is 0 Å². The lowest BCUT2D eigenvalue weighted by Crippen LogP contribution is -2.25. The fourth-order valence-electron chi connectivity index (χ4n) is 2.25. The van der Waals surface area contributed by atoms with Crippen molar-refractivity contribution in [3.63, 3.8) is 0 Å². The Bertz CT molecular complexity index is 430. The lowest BCUT2D eigenvalue weighted by atomic mass is 10.0. The number of rotatable bonds is 4. The summed E-state index contributed by atoms with van der Waals surface area (Å²) in [5.74, 6) is 1.74. The number of hydrogen-bond donors (Lipinski definition) is 1. The minimum Gasteiger partial charge on any atom is -0.372 e. The molecule has 2 heterocycles. The predicted molar refractivity (Wildman–Crippen MR) is 80.8 cm³/mol. The van der Waals surface area contributed by atoms with Gasteiger partial charge in [-0.1, -0.05) is 13.3 Å². The van der Waals surface area contributed by atoms with E-state index in [1.165, 1.54) is 0 Å². The SMILES string of the molecule is CCCc1nc(C2(C)CCCO2)nc(NC)c1I. The number of nitrogens with zero attached hydrogens (tertiary/aromatic N) is 2. The molecule has 0 aliphatic carbocycles. The molecule has 0 amide bonds. The third-order valence-electron chi connectivity index (χ3n) is 3.34. The molecule has 100 valence electrons. The lowest BCUT2D eigenvalue weighted by molar-refractivity contribution is 0.00923. The maximum atomic E-state index is 5.84. The molecule has 0 aromatic carbocycles. The van der Waals surface area contributed by atoms with Crippen molar-refractivity contribution < 1.29 is 4.74 Å². The van der Waals surface area contributed by atoms with Crippen molar-refractivity contribution in [1.29, 1.82) is 0 Å². The predicted octanol–water partition coefficient (Wildman–Crippen LogP) is 3.10. The minimum absolute atomic E-state index is 0.307. The topological polar surface area (TPSA) is 47.0 Å². The standard InChI is InChI=1S/C13H20IN3O/c1-4-6-9-10(14)11(15-3)17-12(16-9)13(2)7-5-8-18-13/h4-8H2,1-3H3,(H,15,16,17). The monoisotopic (exact) mass is 361 g/mol. The van der Waals surface area contributed by atoms with Crippen LogP contribution in [0.4, 0.5) is 5.82 Å². The Morgan fingerprint density at radius 2 is 2.22 bits per heavy atom. The van der Waals surface area contributed by atoms with Gasteiger partial charge in [0.25, 0.3) is 0 Å². The molecule has 0 radical (unpaired) electrons. The molecule has 1 fully saturated rings. The highest BCUT2D eigenvalue weighted by Gasteiger charge is 2.35. The van der Waals surface area contributed by atoms with Crippen molar-refractivity contribution in [2.24, 2.45) is 0 Å². The zero-order chi connectivity index (χ0) is 13.2. The van der Waals surface area contributed by atoms with Crippen molar-refractivity contribution >= 4 is 28.4 Å². The molecule has 4 nitrogen and oxygen atoms in total. The molecule has 0 bridgehead atoms. The first-order valence-corrected chi connectivity index (χ1v) is 7.57. The van der Waals surface area contributed by atoms with E-state index < -0.39 is 0 Å². The summed E-state index contributed by atoms with van der Waals surface area (Å²) >= 11 is 2.32. The second kappa shape index (κ2) is 5.69. The normalized spacial score (nSPS) is 23.3. The smallest absolute Gasteiger partial charge is 0.162 e. The van der Waals surface area contributed by atoms with Gasteiger partial charge in [-0.25, -0.2) is 9.97 Å². The second-order valence-electron chi connectivity index (χ2n) is 4.84. The van der Waals surface area contributed by atoms with Gasteiger partial charge < -0.3 is 10.1 Å². The van der Waals surface area contributed by atoms with E-state index in [-0.39, 0.29) is 5.60 Å². The number of aryl methyl sites for hydroxylation is 1. The highest BCUT2D eigenvalue weighted by atomic mass is 127. The summed E-state index contributed by atoms with van der Waals surface area (Å²) in [5.41, 5.74) is 0.822. The quantitative estimate of drug-likeness (QED) is 0.838. The number of hydrogen-bond acceptors (Lipinski definition) is 4. The minimum atomic E-state index is -0.307. The summed E-state index contributed by atoms with van der Waals surface area (Å²) in [4.78, 5) is 9.37. The Labute approximate surface area is 122 Å². The van der Waals surface area contributed by atoms with Crippen molar-refractivity contribution in [3.05, 3.63) is 15.1 Å². The highest BCUT2D eigenvalue weighted by Crippen LogP contribution is 2.35. The summed E-state index contributed by atoms with van der Waals surface area (Å²) in [7, 11) is 1.90. The number of nitrogens with one attached hydrogen (secondary N) is 1. The molecule has 1 aliphatic heterocycles. The third kappa shape index (κ3) is 2.61. The van der Waals surface area contributed by atoms with Gasteiger partial charge in [0.05, 0.1) is 9.26 Å². The largest absolute Gasteiger partial charge is 0.372 e. The van der Waals surface area contributed by atoms with Crippen LogP contribution in [0, 0.1) is 3.57 Å². The third-order valence-corrected chi connectivity index (χ3v) is 4.47. The van der Waals surface area contributed by atoms with E-state index in [4.69, 9.17) is 9.72 Å². The van der Waals surface area contributed by atoms with Crippen LogP contribution in [-0.4, -0.2) is 23.6 Å². The van der Waals surface area contributed by atoms with Crippen molar-refractivity contribution in [2.45, 2.75) is 45.1 Å². The van der Waals surface area contributed by atoms with E-state index in [1.54, 1.807) is 0 Å². The first kappa shape index (κ1) is 14.0. The molecule has 1 aromatic rings. The van der Waals surface area contributed by atoms with Crippen molar-refractivity contribution in [3.8, 4) is 0 Å². The van der Waals surface area contributed by atoms with Gasteiger partial charge in [0.15, 0.2) is 5.82 Å². The summed E-state index contributed by atoms with van der Waals surface area (Å²) < 4.78 is 6.97. The van der Waals surface area contributed by atoms with Crippen molar-refractivity contribution in [1.82, 2.24) is 9.97 Å². The van der Waals surface area contributed by atoms with Gasteiger partial charge in [-0.05, 0) is 48.8 Å². The van der Waals surface area contributed by atoms with E-state index in [0.717, 1.165) is 53.2 Å². The average molecular weight is 361 g/mol. The maximum Gasteiger partial charge on any atom is 0.162 e. The Balaban J connectivity index is 2.44. The molecule has 1 aromatic heterocycles.